The Morgan fingerprint density at radius 3 is 2.67 bits per heavy atom. The Morgan fingerprint density at radius 1 is 1.19 bits per heavy atom. The number of nitrogens with zero attached hydrogens (tertiary/aromatic N) is 1. The predicted molar refractivity (Wildman–Crippen MR) is 83.5 cm³/mol. The number of carboxylic acid groups (broad SMARTS) is 1. The van der Waals surface area contributed by atoms with Crippen LogP contribution >= 0.6 is 0 Å². The first-order chi connectivity index (χ1) is 10.1. The number of nitrogens with two attached hydrogens (primary N) is 1. The Bertz CT molecular complexity index is 834. The number of hydrogen-bond acceptors (Lipinski definition) is 2. The highest BCUT2D eigenvalue weighted by Crippen LogP contribution is 2.26. The van der Waals surface area contributed by atoms with Crippen molar-refractivity contribution in [2.24, 2.45) is 7.05 Å². The van der Waals surface area contributed by atoms with Crippen LogP contribution in [0.15, 0.2) is 48.7 Å². The van der Waals surface area contributed by atoms with Crippen LogP contribution in [0, 0.1) is 0 Å². The maximum absolute atomic E-state index is 11.1. The fourth-order valence-electron chi connectivity index (χ4n) is 2.65. The zero-order chi connectivity index (χ0) is 15.0. The maximum atomic E-state index is 11.1. The van der Waals surface area contributed by atoms with Crippen LogP contribution in [0.3, 0.4) is 0 Å². The Kier molecular flexibility index (Phi) is 3.14. The van der Waals surface area contributed by atoms with E-state index in [0.29, 0.717) is 12.0 Å². The molecule has 0 aliphatic heterocycles. The average molecular weight is 280 g/mol. The van der Waals surface area contributed by atoms with E-state index in [9.17, 15) is 4.79 Å². The van der Waals surface area contributed by atoms with Crippen LogP contribution < -0.4 is 5.73 Å². The van der Waals surface area contributed by atoms with Gasteiger partial charge in [-0.2, -0.15) is 0 Å². The van der Waals surface area contributed by atoms with Gasteiger partial charge in [0, 0.05) is 36.3 Å². The molecule has 0 unspecified atom stereocenters. The number of aromatic carboxylic acids is 1. The number of hydrogen-bond donors (Lipinski definition) is 2. The number of aromatic nitrogens is 1. The SMILES string of the molecule is Cn1cc(Cc2ccccc2N)c2cc(C(=O)O)ccc21. The Hall–Kier alpha value is -2.75. The lowest BCUT2D eigenvalue weighted by Gasteiger charge is -2.04. The van der Waals surface area contributed by atoms with E-state index >= 15 is 0 Å². The highest BCUT2D eigenvalue weighted by atomic mass is 16.4. The van der Waals surface area contributed by atoms with E-state index in [2.05, 4.69) is 0 Å². The van der Waals surface area contributed by atoms with E-state index in [1.54, 1.807) is 12.1 Å². The molecule has 106 valence electrons. The average Bonchev–Trinajstić information content (AvgIpc) is 2.77. The lowest BCUT2D eigenvalue weighted by atomic mass is 10.0. The van der Waals surface area contributed by atoms with Gasteiger partial charge in [-0.1, -0.05) is 18.2 Å². The molecule has 0 saturated carbocycles. The lowest BCUT2D eigenvalue weighted by Crippen LogP contribution is -1.97. The molecule has 0 radical (unpaired) electrons. The number of carboxylic acids is 1. The molecule has 0 fully saturated rings. The molecule has 0 amide bonds. The quantitative estimate of drug-likeness (QED) is 0.724. The number of rotatable bonds is 3. The normalized spacial score (nSPS) is 10.9. The molecule has 4 heteroatoms. The summed E-state index contributed by atoms with van der Waals surface area (Å²) in [4.78, 5) is 11.1. The second-order valence-corrected chi connectivity index (χ2v) is 5.18. The summed E-state index contributed by atoms with van der Waals surface area (Å²) in [6.07, 6.45) is 2.72. The summed E-state index contributed by atoms with van der Waals surface area (Å²) >= 11 is 0. The van der Waals surface area contributed by atoms with Crippen molar-refractivity contribution in [3.05, 3.63) is 65.4 Å². The topological polar surface area (TPSA) is 68.2 Å². The second-order valence-electron chi connectivity index (χ2n) is 5.18. The summed E-state index contributed by atoms with van der Waals surface area (Å²) in [6, 6.07) is 12.9. The third-order valence-electron chi connectivity index (χ3n) is 3.75. The molecule has 3 aromatic rings. The molecular weight excluding hydrogens is 264 g/mol. The second kappa shape index (κ2) is 4.98. The number of benzene rings is 2. The van der Waals surface area contributed by atoms with Gasteiger partial charge in [-0.15, -0.1) is 0 Å². The molecule has 3 rings (SSSR count). The van der Waals surface area contributed by atoms with Gasteiger partial charge < -0.3 is 15.4 Å². The van der Waals surface area contributed by atoms with Crippen molar-refractivity contribution in [1.82, 2.24) is 4.57 Å². The first-order valence-corrected chi connectivity index (χ1v) is 6.71. The Morgan fingerprint density at radius 2 is 1.95 bits per heavy atom. The third-order valence-corrected chi connectivity index (χ3v) is 3.75. The molecule has 0 spiro atoms. The number of anilines is 1. The molecule has 1 aromatic heterocycles. The minimum atomic E-state index is -0.911. The predicted octanol–water partition coefficient (Wildman–Crippen LogP) is 3.05. The van der Waals surface area contributed by atoms with Crippen molar-refractivity contribution < 1.29 is 9.90 Å². The van der Waals surface area contributed by atoms with Gasteiger partial charge in [-0.05, 0) is 35.4 Å². The van der Waals surface area contributed by atoms with E-state index in [1.165, 1.54) is 0 Å². The van der Waals surface area contributed by atoms with Crippen LogP contribution in [0.4, 0.5) is 5.69 Å². The Labute approximate surface area is 122 Å². The Balaban J connectivity index is 2.12. The molecule has 0 atom stereocenters. The molecule has 0 bridgehead atoms. The van der Waals surface area contributed by atoms with Crippen LogP contribution in [-0.4, -0.2) is 15.6 Å². The number of fused-ring (bicyclic) bond motifs is 1. The summed E-state index contributed by atoms with van der Waals surface area (Å²) in [5.74, 6) is -0.911. The van der Waals surface area contributed by atoms with Crippen molar-refractivity contribution in [2.75, 3.05) is 5.73 Å². The van der Waals surface area contributed by atoms with Crippen molar-refractivity contribution in [3.8, 4) is 0 Å². The summed E-state index contributed by atoms with van der Waals surface area (Å²) < 4.78 is 2.01. The highest BCUT2D eigenvalue weighted by molar-refractivity contribution is 5.95. The fraction of sp³-hybridized carbons (Fsp3) is 0.118. The van der Waals surface area contributed by atoms with Gasteiger partial charge in [0.05, 0.1) is 5.56 Å². The van der Waals surface area contributed by atoms with E-state index in [0.717, 1.165) is 27.7 Å². The van der Waals surface area contributed by atoms with E-state index in [1.807, 2.05) is 48.1 Å². The standard InChI is InChI=1S/C17H16N2O2/c1-19-10-13(8-11-4-2-3-5-15(11)18)14-9-12(17(20)21)6-7-16(14)19/h2-7,9-10H,8,18H2,1H3,(H,20,21). The third kappa shape index (κ3) is 2.36. The smallest absolute Gasteiger partial charge is 0.335 e. The van der Waals surface area contributed by atoms with Crippen LogP contribution in [0.1, 0.15) is 21.5 Å². The van der Waals surface area contributed by atoms with Gasteiger partial charge in [-0.3, -0.25) is 0 Å². The van der Waals surface area contributed by atoms with E-state index in [4.69, 9.17) is 10.8 Å². The molecule has 21 heavy (non-hydrogen) atoms. The van der Waals surface area contributed by atoms with Crippen molar-refractivity contribution in [3.63, 3.8) is 0 Å². The minimum absolute atomic E-state index is 0.302. The first kappa shape index (κ1) is 13.2. The zero-order valence-corrected chi connectivity index (χ0v) is 11.7. The monoisotopic (exact) mass is 280 g/mol. The van der Waals surface area contributed by atoms with Gasteiger partial charge in [-0.25, -0.2) is 4.79 Å². The van der Waals surface area contributed by atoms with Gasteiger partial charge in [0.2, 0.25) is 0 Å². The molecule has 0 aliphatic rings. The molecule has 0 saturated heterocycles. The summed E-state index contributed by atoms with van der Waals surface area (Å²) in [5, 5.41) is 10.1. The minimum Gasteiger partial charge on any atom is -0.478 e. The van der Waals surface area contributed by atoms with Gasteiger partial charge in [0.1, 0.15) is 0 Å². The van der Waals surface area contributed by atoms with Gasteiger partial charge >= 0.3 is 5.97 Å². The van der Waals surface area contributed by atoms with Crippen LogP contribution in [0.5, 0.6) is 0 Å². The van der Waals surface area contributed by atoms with Crippen LogP contribution in [-0.2, 0) is 13.5 Å². The molecular formula is C17H16N2O2. The summed E-state index contributed by atoms with van der Waals surface area (Å²) in [5.41, 5.74) is 10.2. The van der Waals surface area contributed by atoms with Crippen molar-refractivity contribution >= 4 is 22.6 Å². The molecule has 1 heterocycles. The zero-order valence-electron chi connectivity index (χ0n) is 11.7. The molecule has 0 aliphatic carbocycles. The summed E-state index contributed by atoms with van der Waals surface area (Å²) in [6.45, 7) is 0. The van der Waals surface area contributed by atoms with E-state index < -0.39 is 5.97 Å². The maximum Gasteiger partial charge on any atom is 0.335 e. The number of para-hydroxylation sites is 1. The molecule has 3 N–H and O–H groups in total. The lowest BCUT2D eigenvalue weighted by molar-refractivity contribution is 0.0697. The van der Waals surface area contributed by atoms with E-state index in [-0.39, 0.29) is 0 Å². The van der Waals surface area contributed by atoms with Crippen molar-refractivity contribution in [2.45, 2.75) is 6.42 Å². The largest absolute Gasteiger partial charge is 0.478 e. The fourth-order valence-corrected chi connectivity index (χ4v) is 2.65. The van der Waals surface area contributed by atoms with Gasteiger partial charge in [0.15, 0.2) is 0 Å². The number of carbonyl (C=O) groups is 1. The highest BCUT2D eigenvalue weighted by Gasteiger charge is 2.11. The summed E-state index contributed by atoms with van der Waals surface area (Å²) in [7, 11) is 1.96. The first-order valence-electron chi connectivity index (χ1n) is 6.71. The van der Waals surface area contributed by atoms with Crippen LogP contribution in [0.2, 0.25) is 0 Å². The number of aryl methyl sites for hydroxylation is 1. The van der Waals surface area contributed by atoms with Gasteiger partial charge in [0.25, 0.3) is 0 Å². The number of nitrogen functional groups attached to an aromatic ring is 1. The molecule has 2 aromatic carbocycles. The molecule has 4 nitrogen and oxygen atoms in total. The van der Waals surface area contributed by atoms with Crippen LogP contribution in [0.25, 0.3) is 10.9 Å². The van der Waals surface area contributed by atoms with Crippen molar-refractivity contribution in [1.29, 1.82) is 0 Å².